The Kier molecular flexibility index (Phi) is 5.67. The standard InChI is InChI=1S/C20H24N4O/c1-21-20(22-14-16-6-3-2-4-7-16)23-15-17-9-11-18(12-10-17)24-13-5-8-19(24)25/h2-4,6-7,9-12H,5,8,13-15H2,1H3,(H2,21,22,23). The molecular weight excluding hydrogens is 312 g/mol. The quantitative estimate of drug-likeness (QED) is 0.652. The van der Waals surface area contributed by atoms with Gasteiger partial charge in [-0.2, -0.15) is 0 Å². The third-order valence-electron chi connectivity index (χ3n) is 4.31. The van der Waals surface area contributed by atoms with Crippen LogP contribution in [0.3, 0.4) is 0 Å². The molecule has 1 saturated heterocycles. The Hall–Kier alpha value is -2.82. The lowest BCUT2D eigenvalue weighted by Gasteiger charge is -2.16. The number of nitrogens with one attached hydrogen (secondary N) is 2. The monoisotopic (exact) mass is 336 g/mol. The van der Waals surface area contributed by atoms with E-state index in [9.17, 15) is 4.79 Å². The molecule has 3 rings (SSSR count). The van der Waals surface area contributed by atoms with Crippen LogP contribution in [0.2, 0.25) is 0 Å². The summed E-state index contributed by atoms with van der Waals surface area (Å²) in [4.78, 5) is 17.9. The van der Waals surface area contributed by atoms with Crippen molar-refractivity contribution in [3.63, 3.8) is 0 Å². The highest BCUT2D eigenvalue weighted by Crippen LogP contribution is 2.21. The van der Waals surface area contributed by atoms with Gasteiger partial charge in [0.05, 0.1) is 0 Å². The van der Waals surface area contributed by atoms with E-state index in [-0.39, 0.29) is 5.91 Å². The molecule has 2 N–H and O–H groups in total. The molecule has 0 atom stereocenters. The topological polar surface area (TPSA) is 56.7 Å². The van der Waals surface area contributed by atoms with Crippen molar-refractivity contribution in [2.45, 2.75) is 25.9 Å². The largest absolute Gasteiger partial charge is 0.352 e. The van der Waals surface area contributed by atoms with Crippen LogP contribution in [0.5, 0.6) is 0 Å². The summed E-state index contributed by atoms with van der Waals surface area (Å²) in [5.41, 5.74) is 3.35. The van der Waals surface area contributed by atoms with Crippen LogP contribution >= 0.6 is 0 Å². The molecule has 1 amide bonds. The van der Waals surface area contributed by atoms with Gasteiger partial charge in [-0.25, -0.2) is 0 Å². The van der Waals surface area contributed by atoms with E-state index in [1.807, 2.05) is 35.2 Å². The molecule has 0 saturated carbocycles. The van der Waals surface area contributed by atoms with E-state index < -0.39 is 0 Å². The van der Waals surface area contributed by atoms with Gasteiger partial charge in [-0.05, 0) is 29.7 Å². The number of guanidine groups is 1. The van der Waals surface area contributed by atoms with Gasteiger partial charge < -0.3 is 15.5 Å². The van der Waals surface area contributed by atoms with Gasteiger partial charge in [-0.1, -0.05) is 42.5 Å². The lowest BCUT2D eigenvalue weighted by molar-refractivity contribution is -0.117. The molecule has 2 aromatic rings. The van der Waals surface area contributed by atoms with E-state index in [2.05, 4.69) is 39.9 Å². The van der Waals surface area contributed by atoms with Gasteiger partial charge in [0, 0.05) is 38.8 Å². The molecule has 0 aromatic heterocycles. The van der Waals surface area contributed by atoms with Crippen LogP contribution < -0.4 is 15.5 Å². The number of benzene rings is 2. The van der Waals surface area contributed by atoms with E-state index in [1.54, 1.807) is 7.05 Å². The number of carbonyl (C=O) groups excluding carboxylic acids is 1. The second-order valence-electron chi connectivity index (χ2n) is 6.08. The average molecular weight is 336 g/mol. The summed E-state index contributed by atoms with van der Waals surface area (Å²) in [6.45, 7) is 2.24. The Morgan fingerprint density at radius 3 is 2.20 bits per heavy atom. The summed E-state index contributed by atoms with van der Waals surface area (Å²) in [5, 5.41) is 6.62. The molecule has 5 nitrogen and oxygen atoms in total. The highest BCUT2D eigenvalue weighted by molar-refractivity contribution is 5.95. The summed E-state index contributed by atoms with van der Waals surface area (Å²) < 4.78 is 0. The van der Waals surface area contributed by atoms with Crippen LogP contribution in [0.4, 0.5) is 5.69 Å². The fourth-order valence-corrected chi connectivity index (χ4v) is 2.90. The SMILES string of the molecule is CN=C(NCc1ccccc1)NCc1ccc(N2CCCC2=O)cc1. The number of nitrogens with zero attached hydrogens (tertiary/aromatic N) is 2. The van der Waals surface area contributed by atoms with Crippen LogP contribution in [0, 0.1) is 0 Å². The molecule has 1 aliphatic rings. The maximum atomic E-state index is 11.8. The molecular formula is C20H24N4O. The maximum absolute atomic E-state index is 11.8. The average Bonchev–Trinajstić information content (AvgIpc) is 3.09. The molecule has 0 bridgehead atoms. The number of carbonyl (C=O) groups is 1. The van der Waals surface area contributed by atoms with Crippen molar-refractivity contribution < 1.29 is 4.79 Å². The van der Waals surface area contributed by atoms with Crippen LogP contribution in [-0.2, 0) is 17.9 Å². The van der Waals surface area contributed by atoms with E-state index in [0.29, 0.717) is 13.0 Å². The number of hydrogen-bond donors (Lipinski definition) is 2. The lowest BCUT2D eigenvalue weighted by Crippen LogP contribution is -2.36. The lowest BCUT2D eigenvalue weighted by atomic mass is 10.2. The zero-order valence-electron chi connectivity index (χ0n) is 14.5. The number of anilines is 1. The van der Waals surface area contributed by atoms with Crippen molar-refractivity contribution in [2.75, 3.05) is 18.5 Å². The first-order valence-electron chi connectivity index (χ1n) is 8.64. The van der Waals surface area contributed by atoms with Gasteiger partial charge in [0.15, 0.2) is 5.96 Å². The van der Waals surface area contributed by atoms with Crippen molar-refractivity contribution in [1.29, 1.82) is 0 Å². The summed E-state index contributed by atoms with van der Waals surface area (Å²) in [6, 6.07) is 18.4. The molecule has 0 radical (unpaired) electrons. The molecule has 0 spiro atoms. The molecule has 1 heterocycles. The zero-order chi connectivity index (χ0) is 17.5. The third-order valence-corrected chi connectivity index (χ3v) is 4.31. The van der Waals surface area contributed by atoms with E-state index in [1.165, 1.54) is 5.56 Å². The predicted octanol–water partition coefficient (Wildman–Crippen LogP) is 2.68. The van der Waals surface area contributed by atoms with Crippen LogP contribution in [-0.4, -0.2) is 25.5 Å². The predicted molar refractivity (Wildman–Crippen MR) is 102 cm³/mol. The summed E-state index contributed by atoms with van der Waals surface area (Å²) in [7, 11) is 1.77. The Morgan fingerprint density at radius 2 is 1.64 bits per heavy atom. The summed E-state index contributed by atoms with van der Waals surface area (Å²) in [6.07, 6.45) is 1.61. The second kappa shape index (κ2) is 8.33. The summed E-state index contributed by atoms with van der Waals surface area (Å²) >= 11 is 0. The molecule has 1 fully saturated rings. The Labute approximate surface area is 148 Å². The van der Waals surface area contributed by atoms with E-state index in [0.717, 1.165) is 36.7 Å². The molecule has 2 aromatic carbocycles. The third kappa shape index (κ3) is 4.59. The highest BCUT2D eigenvalue weighted by Gasteiger charge is 2.21. The molecule has 0 aliphatic carbocycles. The Morgan fingerprint density at radius 1 is 1.00 bits per heavy atom. The normalized spacial score (nSPS) is 14.7. The molecule has 130 valence electrons. The van der Waals surface area contributed by atoms with Crippen molar-refractivity contribution in [1.82, 2.24) is 10.6 Å². The number of amides is 1. The molecule has 0 unspecified atom stereocenters. The van der Waals surface area contributed by atoms with Gasteiger partial charge in [-0.15, -0.1) is 0 Å². The minimum absolute atomic E-state index is 0.219. The van der Waals surface area contributed by atoms with Gasteiger partial charge in [0.2, 0.25) is 5.91 Å². The van der Waals surface area contributed by atoms with Crippen molar-refractivity contribution in [3.05, 3.63) is 65.7 Å². The van der Waals surface area contributed by atoms with Gasteiger partial charge in [0.1, 0.15) is 0 Å². The van der Waals surface area contributed by atoms with Crippen molar-refractivity contribution in [2.24, 2.45) is 4.99 Å². The minimum Gasteiger partial charge on any atom is -0.352 e. The van der Waals surface area contributed by atoms with Gasteiger partial charge >= 0.3 is 0 Å². The maximum Gasteiger partial charge on any atom is 0.227 e. The zero-order valence-corrected chi connectivity index (χ0v) is 14.5. The van der Waals surface area contributed by atoms with E-state index >= 15 is 0 Å². The first kappa shape index (κ1) is 17.0. The minimum atomic E-state index is 0.219. The molecule has 5 heteroatoms. The summed E-state index contributed by atoms with van der Waals surface area (Å²) in [5.74, 6) is 0.985. The number of aliphatic imine (C=N–C) groups is 1. The second-order valence-corrected chi connectivity index (χ2v) is 6.08. The van der Waals surface area contributed by atoms with Crippen LogP contribution in [0.25, 0.3) is 0 Å². The molecule has 25 heavy (non-hydrogen) atoms. The number of rotatable bonds is 5. The van der Waals surface area contributed by atoms with Gasteiger partial charge in [-0.3, -0.25) is 9.79 Å². The first-order valence-corrected chi connectivity index (χ1v) is 8.64. The smallest absolute Gasteiger partial charge is 0.227 e. The molecule has 1 aliphatic heterocycles. The van der Waals surface area contributed by atoms with Crippen molar-refractivity contribution in [3.8, 4) is 0 Å². The van der Waals surface area contributed by atoms with Gasteiger partial charge in [0.25, 0.3) is 0 Å². The number of hydrogen-bond acceptors (Lipinski definition) is 2. The van der Waals surface area contributed by atoms with Crippen molar-refractivity contribution >= 4 is 17.6 Å². The highest BCUT2D eigenvalue weighted by atomic mass is 16.2. The fraction of sp³-hybridized carbons (Fsp3) is 0.300. The Bertz CT molecular complexity index is 725. The first-order chi connectivity index (χ1) is 12.3. The Balaban J connectivity index is 1.50. The fourth-order valence-electron chi connectivity index (χ4n) is 2.90. The van der Waals surface area contributed by atoms with Crippen LogP contribution in [0.15, 0.2) is 59.6 Å². The van der Waals surface area contributed by atoms with Crippen LogP contribution in [0.1, 0.15) is 24.0 Å². The van der Waals surface area contributed by atoms with E-state index in [4.69, 9.17) is 0 Å².